The van der Waals surface area contributed by atoms with Crippen molar-refractivity contribution in [2.24, 2.45) is 11.8 Å². The van der Waals surface area contributed by atoms with Crippen LogP contribution >= 0.6 is 0 Å². The lowest BCUT2D eigenvalue weighted by Crippen LogP contribution is -2.44. The zero-order chi connectivity index (χ0) is 15.0. The summed E-state index contributed by atoms with van der Waals surface area (Å²) in [5, 5.41) is 3.20. The molecule has 21 heavy (non-hydrogen) atoms. The quantitative estimate of drug-likeness (QED) is 0.922. The first-order valence-corrected chi connectivity index (χ1v) is 8.08. The van der Waals surface area contributed by atoms with E-state index in [1.54, 1.807) is 0 Å². The number of benzene rings is 1. The molecule has 114 valence electrons. The molecule has 3 heteroatoms. The van der Waals surface area contributed by atoms with E-state index in [-0.39, 0.29) is 5.91 Å². The Morgan fingerprint density at radius 1 is 1.29 bits per heavy atom. The van der Waals surface area contributed by atoms with Crippen molar-refractivity contribution in [2.45, 2.75) is 58.6 Å². The summed E-state index contributed by atoms with van der Waals surface area (Å²) in [7, 11) is 0. The van der Waals surface area contributed by atoms with Crippen LogP contribution in [0.15, 0.2) is 18.2 Å². The molecule has 2 fully saturated rings. The Balaban J connectivity index is 1.58. The van der Waals surface area contributed by atoms with Crippen LogP contribution in [0, 0.1) is 25.7 Å². The zero-order valence-corrected chi connectivity index (χ0v) is 13.2. The Kier molecular flexibility index (Phi) is 3.92. The van der Waals surface area contributed by atoms with E-state index in [0.717, 1.165) is 23.7 Å². The SMILES string of the molecule is Cc1cccc(O[C@@H](C)C(=O)N[C@H]2C[C@@H]3CC[C@@H]2C3)c1C. The molecule has 1 amide bonds. The van der Waals surface area contributed by atoms with Gasteiger partial charge in [-0.05, 0) is 69.1 Å². The third-order valence-corrected chi connectivity index (χ3v) is 5.29. The molecule has 1 aromatic rings. The first-order valence-electron chi connectivity index (χ1n) is 8.08. The summed E-state index contributed by atoms with van der Waals surface area (Å²) in [6.45, 7) is 5.93. The third-order valence-electron chi connectivity index (χ3n) is 5.29. The van der Waals surface area contributed by atoms with E-state index in [1.165, 1.54) is 24.8 Å². The third kappa shape index (κ3) is 2.92. The van der Waals surface area contributed by atoms with Gasteiger partial charge in [0.1, 0.15) is 5.75 Å². The molecule has 4 atom stereocenters. The maximum Gasteiger partial charge on any atom is 0.261 e. The van der Waals surface area contributed by atoms with Gasteiger partial charge in [-0.15, -0.1) is 0 Å². The van der Waals surface area contributed by atoms with Gasteiger partial charge in [-0.3, -0.25) is 4.79 Å². The minimum Gasteiger partial charge on any atom is -0.481 e. The summed E-state index contributed by atoms with van der Waals surface area (Å²) >= 11 is 0. The fourth-order valence-electron chi connectivity index (χ4n) is 3.82. The average molecular weight is 287 g/mol. The number of hydrogen-bond donors (Lipinski definition) is 1. The topological polar surface area (TPSA) is 38.3 Å². The number of hydrogen-bond acceptors (Lipinski definition) is 2. The van der Waals surface area contributed by atoms with E-state index >= 15 is 0 Å². The van der Waals surface area contributed by atoms with Crippen molar-refractivity contribution in [1.82, 2.24) is 5.32 Å². The maximum atomic E-state index is 12.3. The van der Waals surface area contributed by atoms with Crippen molar-refractivity contribution in [3.05, 3.63) is 29.3 Å². The molecule has 0 heterocycles. The van der Waals surface area contributed by atoms with Crippen molar-refractivity contribution in [3.63, 3.8) is 0 Å². The predicted molar refractivity (Wildman–Crippen MR) is 83.4 cm³/mol. The number of carbonyl (C=O) groups excluding carboxylic acids is 1. The summed E-state index contributed by atoms with van der Waals surface area (Å²) in [4.78, 5) is 12.3. The Morgan fingerprint density at radius 2 is 2.10 bits per heavy atom. The van der Waals surface area contributed by atoms with E-state index in [2.05, 4.69) is 18.3 Å². The molecule has 0 unspecified atom stereocenters. The molecule has 2 aliphatic rings. The van der Waals surface area contributed by atoms with Crippen LogP contribution in [-0.4, -0.2) is 18.1 Å². The van der Waals surface area contributed by atoms with Gasteiger partial charge in [0.25, 0.3) is 5.91 Å². The predicted octanol–water partition coefficient (Wildman–Crippen LogP) is 3.38. The molecule has 0 aliphatic heterocycles. The minimum atomic E-state index is -0.440. The molecule has 1 aromatic carbocycles. The van der Waals surface area contributed by atoms with Crippen LogP contribution in [-0.2, 0) is 4.79 Å². The number of aryl methyl sites for hydroxylation is 1. The van der Waals surface area contributed by atoms with Gasteiger partial charge in [0, 0.05) is 6.04 Å². The van der Waals surface area contributed by atoms with Crippen molar-refractivity contribution in [2.75, 3.05) is 0 Å². The molecule has 0 saturated heterocycles. The summed E-state index contributed by atoms with van der Waals surface area (Å²) in [6.07, 6.45) is 4.65. The Morgan fingerprint density at radius 3 is 2.76 bits per heavy atom. The van der Waals surface area contributed by atoms with Crippen LogP contribution in [0.25, 0.3) is 0 Å². The van der Waals surface area contributed by atoms with Gasteiger partial charge in [-0.1, -0.05) is 18.6 Å². The largest absolute Gasteiger partial charge is 0.481 e. The van der Waals surface area contributed by atoms with Crippen molar-refractivity contribution >= 4 is 5.91 Å². The lowest BCUT2D eigenvalue weighted by atomic mass is 9.95. The fourth-order valence-corrected chi connectivity index (χ4v) is 3.82. The highest BCUT2D eigenvalue weighted by Gasteiger charge is 2.40. The molecule has 2 aliphatic carbocycles. The molecule has 3 rings (SSSR count). The van der Waals surface area contributed by atoms with Crippen LogP contribution < -0.4 is 10.1 Å². The monoisotopic (exact) mass is 287 g/mol. The van der Waals surface area contributed by atoms with E-state index < -0.39 is 6.10 Å². The molecular formula is C18H25NO2. The van der Waals surface area contributed by atoms with Gasteiger partial charge in [-0.2, -0.15) is 0 Å². The lowest BCUT2D eigenvalue weighted by Gasteiger charge is -2.25. The van der Waals surface area contributed by atoms with Gasteiger partial charge < -0.3 is 10.1 Å². The number of fused-ring (bicyclic) bond motifs is 2. The van der Waals surface area contributed by atoms with Gasteiger partial charge >= 0.3 is 0 Å². The Labute approximate surface area is 127 Å². The molecule has 2 saturated carbocycles. The standard InChI is InChI=1S/C18H25NO2/c1-11-5-4-6-17(12(11)2)21-13(3)18(20)19-16-10-14-7-8-15(16)9-14/h4-6,13-16H,7-10H2,1-3H3,(H,19,20)/t13-,14+,15+,16-/m0/s1. The summed E-state index contributed by atoms with van der Waals surface area (Å²) in [6, 6.07) is 6.34. The van der Waals surface area contributed by atoms with Crippen LogP contribution in [0.2, 0.25) is 0 Å². The minimum absolute atomic E-state index is 0.0217. The smallest absolute Gasteiger partial charge is 0.261 e. The number of amides is 1. The van der Waals surface area contributed by atoms with Crippen molar-refractivity contribution < 1.29 is 9.53 Å². The van der Waals surface area contributed by atoms with Crippen LogP contribution in [0.1, 0.15) is 43.7 Å². The molecular weight excluding hydrogens is 262 g/mol. The maximum absolute atomic E-state index is 12.3. The molecule has 0 spiro atoms. The first-order chi connectivity index (χ1) is 10.0. The number of ether oxygens (including phenoxy) is 1. The van der Waals surface area contributed by atoms with Crippen molar-refractivity contribution in [1.29, 1.82) is 0 Å². The second kappa shape index (κ2) is 5.70. The number of rotatable bonds is 4. The van der Waals surface area contributed by atoms with E-state index in [4.69, 9.17) is 4.74 Å². The fraction of sp³-hybridized carbons (Fsp3) is 0.611. The Hall–Kier alpha value is -1.51. The average Bonchev–Trinajstić information content (AvgIpc) is 3.06. The molecule has 3 nitrogen and oxygen atoms in total. The highest BCUT2D eigenvalue weighted by atomic mass is 16.5. The second-order valence-corrected chi connectivity index (χ2v) is 6.75. The highest BCUT2D eigenvalue weighted by molar-refractivity contribution is 5.81. The van der Waals surface area contributed by atoms with Gasteiger partial charge in [-0.25, -0.2) is 0 Å². The summed E-state index contributed by atoms with van der Waals surface area (Å²) < 4.78 is 5.87. The molecule has 0 radical (unpaired) electrons. The highest BCUT2D eigenvalue weighted by Crippen LogP contribution is 2.44. The number of carbonyl (C=O) groups is 1. The van der Waals surface area contributed by atoms with E-state index in [1.807, 2.05) is 26.0 Å². The lowest BCUT2D eigenvalue weighted by molar-refractivity contribution is -0.128. The zero-order valence-electron chi connectivity index (χ0n) is 13.2. The summed E-state index contributed by atoms with van der Waals surface area (Å²) in [5.41, 5.74) is 2.30. The molecule has 1 N–H and O–H groups in total. The molecule has 0 aromatic heterocycles. The van der Waals surface area contributed by atoms with Gasteiger partial charge in [0.2, 0.25) is 0 Å². The number of nitrogens with one attached hydrogen (secondary N) is 1. The molecule has 2 bridgehead atoms. The summed E-state index contributed by atoms with van der Waals surface area (Å²) in [5.74, 6) is 2.38. The second-order valence-electron chi connectivity index (χ2n) is 6.75. The van der Waals surface area contributed by atoms with Gasteiger partial charge in [0.05, 0.1) is 0 Å². The first kappa shape index (κ1) is 14.4. The van der Waals surface area contributed by atoms with E-state index in [0.29, 0.717) is 12.0 Å². The van der Waals surface area contributed by atoms with Crippen LogP contribution in [0.3, 0.4) is 0 Å². The van der Waals surface area contributed by atoms with Gasteiger partial charge in [0.15, 0.2) is 6.10 Å². The van der Waals surface area contributed by atoms with Crippen LogP contribution in [0.4, 0.5) is 0 Å². The Bertz CT molecular complexity index is 540. The van der Waals surface area contributed by atoms with Crippen LogP contribution in [0.5, 0.6) is 5.75 Å². The normalized spacial score (nSPS) is 28.4. The van der Waals surface area contributed by atoms with E-state index in [9.17, 15) is 4.79 Å². The van der Waals surface area contributed by atoms with Crippen molar-refractivity contribution in [3.8, 4) is 5.75 Å².